The monoisotopic (exact) mass is 258 g/mol. The van der Waals surface area contributed by atoms with Crippen LogP contribution < -0.4 is 0 Å². The lowest BCUT2D eigenvalue weighted by Gasteiger charge is -2.37. The highest BCUT2D eigenvalue weighted by Gasteiger charge is 2.47. The lowest BCUT2D eigenvalue weighted by molar-refractivity contribution is -0.169. The van der Waals surface area contributed by atoms with Gasteiger partial charge in [0.15, 0.2) is 0 Å². The summed E-state index contributed by atoms with van der Waals surface area (Å²) in [5, 5.41) is 9.07. The van der Waals surface area contributed by atoms with Gasteiger partial charge in [-0.15, -0.1) is 0 Å². The second-order valence-corrected chi connectivity index (χ2v) is 5.91. The van der Waals surface area contributed by atoms with Crippen LogP contribution in [0.1, 0.15) is 48.0 Å². The summed E-state index contributed by atoms with van der Waals surface area (Å²) in [6.07, 6.45) is -0.181. The molecule has 0 aromatic heterocycles. The first-order valence-corrected chi connectivity index (χ1v) is 6.53. The van der Waals surface area contributed by atoms with Gasteiger partial charge < -0.3 is 9.84 Å². The molecule has 0 saturated carbocycles. The molecule has 1 N–H and O–H groups in total. The van der Waals surface area contributed by atoms with Crippen LogP contribution in [0.3, 0.4) is 0 Å². The highest BCUT2D eigenvalue weighted by molar-refractivity contribution is 5.83. The lowest BCUT2D eigenvalue weighted by Crippen LogP contribution is -2.44. The summed E-state index contributed by atoms with van der Waals surface area (Å²) in [4.78, 5) is 23.4. The Kier molecular flexibility index (Phi) is 6.36. The van der Waals surface area contributed by atoms with Crippen molar-refractivity contribution in [2.75, 3.05) is 6.61 Å². The minimum absolute atomic E-state index is 0.0757. The van der Waals surface area contributed by atoms with Crippen molar-refractivity contribution in [3.05, 3.63) is 0 Å². The molecule has 0 heterocycles. The van der Waals surface area contributed by atoms with Crippen molar-refractivity contribution in [1.82, 2.24) is 0 Å². The zero-order valence-corrected chi connectivity index (χ0v) is 12.3. The molecular weight excluding hydrogens is 232 g/mol. The zero-order valence-electron chi connectivity index (χ0n) is 12.3. The molecule has 0 aromatic rings. The Labute approximate surface area is 110 Å². The SMILES string of the molecule is CC(C)COC(=O)C(CC(=O)O)(C(C)C)C(C)C. The predicted octanol–water partition coefficient (Wildman–Crippen LogP) is 2.96. The summed E-state index contributed by atoms with van der Waals surface area (Å²) in [6, 6.07) is 0. The Morgan fingerprint density at radius 2 is 1.50 bits per heavy atom. The highest BCUT2D eigenvalue weighted by Crippen LogP contribution is 2.40. The molecule has 0 aliphatic heterocycles. The van der Waals surface area contributed by atoms with Gasteiger partial charge in [-0.25, -0.2) is 0 Å². The van der Waals surface area contributed by atoms with E-state index in [4.69, 9.17) is 9.84 Å². The molecule has 4 nitrogen and oxygen atoms in total. The first-order chi connectivity index (χ1) is 8.14. The van der Waals surface area contributed by atoms with E-state index >= 15 is 0 Å². The summed E-state index contributed by atoms with van der Waals surface area (Å²) < 4.78 is 5.29. The summed E-state index contributed by atoms with van der Waals surface area (Å²) in [6.45, 7) is 11.7. The van der Waals surface area contributed by atoms with Crippen molar-refractivity contribution in [3.8, 4) is 0 Å². The lowest BCUT2D eigenvalue weighted by atomic mass is 9.66. The van der Waals surface area contributed by atoms with E-state index in [1.165, 1.54) is 0 Å². The number of ether oxygens (including phenoxy) is 1. The van der Waals surface area contributed by atoms with Crippen LogP contribution in [-0.2, 0) is 14.3 Å². The highest BCUT2D eigenvalue weighted by atomic mass is 16.5. The van der Waals surface area contributed by atoms with E-state index in [0.717, 1.165) is 0 Å². The zero-order chi connectivity index (χ0) is 14.5. The number of hydrogen-bond acceptors (Lipinski definition) is 3. The standard InChI is InChI=1S/C14H26O4/c1-9(2)8-18-13(17)14(10(3)4,11(5)6)7-12(15)16/h9-11H,7-8H2,1-6H3,(H,15,16). The maximum absolute atomic E-state index is 12.3. The summed E-state index contributed by atoms with van der Waals surface area (Å²) in [7, 11) is 0. The Morgan fingerprint density at radius 1 is 1.06 bits per heavy atom. The number of esters is 1. The van der Waals surface area contributed by atoms with Gasteiger partial charge in [-0.3, -0.25) is 9.59 Å². The predicted molar refractivity (Wildman–Crippen MR) is 70.2 cm³/mol. The normalized spacial score (nSPS) is 12.3. The molecule has 0 aromatic carbocycles. The third-order valence-electron chi connectivity index (χ3n) is 3.43. The van der Waals surface area contributed by atoms with Crippen molar-refractivity contribution in [2.24, 2.45) is 23.2 Å². The Hall–Kier alpha value is -1.06. The molecule has 0 aliphatic carbocycles. The van der Waals surface area contributed by atoms with E-state index in [9.17, 15) is 9.59 Å². The average molecular weight is 258 g/mol. The van der Waals surface area contributed by atoms with E-state index in [2.05, 4.69) is 0 Å². The van der Waals surface area contributed by atoms with Crippen molar-refractivity contribution < 1.29 is 19.4 Å². The number of hydrogen-bond donors (Lipinski definition) is 1. The van der Waals surface area contributed by atoms with Crippen molar-refractivity contribution in [1.29, 1.82) is 0 Å². The first kappa shape index (κ1) is 16.9. The fourth-order valence-electron chi connectivity index (χ4n) is 2.25. The number of carboxylic acid groups (broad SMARTS) is 1. The molecular formula is C14H26O4. The van der Waals surface area contributed by atoms with Crippen LogP contribution in [0.5, 0.6) is 0 Å². The summed E-state index contributed by atoms with van der Waals surface area (Å²) in [5.74, 6) is -1.25. The average Bonchev–Trinajstić information content (AvgIpc) is 2.20. The van der Waals surface area contributed by atoms with Gasteiger partial charge in [0.2, 0.25) is 0 Å². The van der Waals surface area contributed by atoms with Crippen LogP contribution in [0.4, 0.5) is 0 Å². The van der Waals surface area contributed by atoms with Crippen molar-refractivity contribution in [3.63, 3.8) is 0 Å². The molecule has 0 spiro atoms. The van der Waals surface area contributed by atoms with E-state index in [0.29, 0.717) is 6.61 Å². The second-order valence-electron chi connectivity index (χ2n) is 5.91. The van der Waals surface area contributed by atoms with Crippen molar-refractivity contribution >= 4 is 11.9 Å². The van der Waals surface area contributed by atoms with Crippen LogP contribution in [0.2, 0.25) is 0 Å². The van der Waals surface area contributed by atoms with Gasteiger partial charge in [0.25, 0.3) is 0 Å². The number of carbonyl (C=O) groups is 2. The molecule has 0 saturated heterocycles. The molecule has 0 radical (unpaired) electrons. The largest absolute Gasteiger partial charge is 0.481 e. The van der Waals surface area contributed by atoms with Crippen molar-refractivity contribution in [2.45, 2.75) is 48.0 Å². The van der Waals surface area contributed by atoms with Crippen LogP contribution in [-0.4, -0.2) is 23.7 Å². The molecule has 106 valence electrons. The minimum Gasteiger partial charge on any atom is -0.481 e. The molecule has 0 amide bonds. The Morgan fingerprint density at radius 3 is 1.78 bits per heavy atom. The van der Waals surface area contributed by atoms with Gasteiger partial charge in [0.1, 0.15) is 0 Å². The van der Waals surface area contributed by atoms with Gasteiger partial charge in [-0.2, -0.15) is 0 Å². The Bertz CT molecular complexity index is 284. The van der Waals surface area contributed by atoms with Gasteiger partial charge in [0, 0.05) is 0 Å². The topological polar surface area (TPSA) is 63.6 Å². The number of carbonyl (C=O) groups excluding carboxylic acids is 1. The second kappa shape index (κ2) is 6.76. The fraction of sp³-hybridized carbons (Fsp3) is 0.857. The number of carboxylic acids is 1. The third kappa shape index (κ3) is 4.00. The molecule has 0 aliphatic rings. The molecule has 0 fully saturated rings. The third-order valence-corrected chi connectivity index (χ3v) is 3.43. The fourth-order valence-corrected chi connectivity index (χ4v) is 2.25. The van der Waals surface area contributed by atoms with Gasteiger partial charge in [-0.05, 0) is 17.8 Å². The van der Waals surface area contributed by atoms with Crippen LogP contribution in [0.25, 0.3) is 0 Å². The molecule has 0 bridgehead atoms. The molecule has 4 heteroatoms. The maximum atomic E-state index is 12.3. The minimum atomic E-state index is -0.959. The maximum Gasteiger partial charge on any atom is 0.313 e. The van der Waals surface area contributed by atoms with Gasteiger partial charge >= 0.3 is 11.9 Å². The van der Waals surface area contributed by atoms with Crippen LogP contribution >= 0.6 is 0 Å². The molecule has 0 rings (SSSR count). The molecule has 18 heavy (non-hydrogen) atoms. The number of aliphatic carboxylic acids is 1. The van der Waals surface area contributed by atoms with E-state index in [1.54, 1.807) is 0 Å². The Balaban J connectivity index is 5.16. The first-order valence-electron chi connectivity index (χ1n) is 6.53. The van der Waals surface area contributed by atoms with Gasteiger partial charge in [-0.1, -0.05) is 41.5 Å². The van der Waals surface area contributed by atoms with E-state index in [1.807, 2.05) is 41.5 Å². The van der Waals surface area contributed by atoms with Crippen LogP contribution in [0, 0.1) is 23.2 Å². The number of rotatable bonds is 7. The van der Waals surface area contributed by atoms with Gasteiger partial charge in [0.05, 0.1) is 18.4 Å². The summed E-state index contributed by atoms with van der Waals surface area (Å²) >= 11 is 0. The quantitative estimate of drug-likeness (QED) is 0.713. The molecule has 0 unspecified atom stereocenters. The van der Waals surface area contributed by atoms with E-state index < -0.39 is 11.4 Å². The molecule has 0 atom stereocenters. The summed E-state index contributed by atoms with van der Waals surface area (Å²) in [5.41, 5.74) is -0.944. The van der Waals surface area contributed by atoms with Crippen LogP contribution in [0.15, 0.2) is 0 Å². The smallest absolute Gasteiger partial charge is 0.313 e. The van der Waals surface area contributed by atoms with E-state index in [-0.39, 0.29) is 30.1 Å².